The number of aromatic nitrogens is 3. The summed E-state index contributed by atoms with van der Waals surface area (Å²) in [7, 11) is 0. The number of nitro benzene ring substituents is 1. The Morgan fingerprint density at radius 1 is 1.35 bits per heavy atom. The molecular weight excluding hydrogens is 304 g/mol. The third kappa shape index (κ3) is 2.15. The van der Waals surface area contributed by atoms with Crippen molar-refractivity contribution in [2.45, 2.75) is 0 Å². The van der Waals surface area contributed by atoms with E-state index in [0.717, 1.165) is 21.9 Å². The predicted octanol–water partition coefficient (Wildman–Crippen LogP) is 2.38. The zero-order chi connectivity index (χ0) is 14.3. The molecule has 0 bridgehead atoms. The molecule has 1 aromatic carbocycles. The smallest absolute Gasteiger partial charge is 0.267 e. The monoisotopic (exact) mass is 308 g/mol. The number of rotatable bonds is 2. The minimum absolute atomic E-state index is 0.0416. The molecule has 2 heterocycles. The summed E-state index contributed by atoms with van der Waals surface area (Å²) in [6.45, 7) is 0. The van der Waals surface area contributed by atoms with Crippen molar-refractivity contribution in [2.24, 2.45) is 0 Å². The zero-order valence-corrected chi connectivity index (χ0v) is 11.3. The van der Waals surface area contributed by atoms with Gasteiger partial charge in [-0.2, -0.15) is 9.61 Å². The van der Waals surface area contributed by atoms with E-state index in [2.05, 4.69) is 10.1 Å². The van der Waals surface area contributed by atoms with Gasteiger partial charge in [-0.1, -0.05) is 35.1 Å². The highest BCUT2D eigenvalue weighted by atomic mass is 35.5. The number of non-ortho nitro benzene ring substituents is 1. The molecule has 100 valence electrons. The van der Waals surface area contributed by atoms with E-state index < -0.39 is 10.5 Å². The van der Waals surface area contributed by atoms with Crippen molar-refractivity contribution in [3.63, 3.8) is 0 Å². The summed E-state index contributed by atoms with van der Waals surface area (Å²) >= 11 is 6.84. The van der Waals surface area contributed by atoms with Crippen LogP contribution in [-0.4, -0.2) is 19.5 Å². The van der Waals surface area contributed by atoms with Crippen LogP contribution in [0.4, 0.5) is 5.69 Å². The fourth-order valence-corrected chi connectivity index (χ4v) is 2.78. The lowest BCUT2D eigenvalue weighted by Gasteiger charge is -1.94. The Hall–Kier alpha value is -2.32. The van der Waals surface area contributed by atoms with Crippen LogP contribution < -0.4 is 5.56 Å². The van der Waals surface area contributed by atoms with Gasteiger partial charge < -0.3 is 0 Å². The molecule has 0 atom stereocenters. The number of hydrogen-bond donors (Lipinski definition) is 0. The summed E-state index contributed by atoms with van der Waals surface area (Å²) in [6.07, 6.45) is 0. The first kappa shape index (κ1) is 12.7. The molecule has 0 aliphatic carbocycles. The summed E-state index contributed by atoms with van der Waals surface area (Å²) in [5.74, 6) is 0. The second kappa shape index (κ2) is 4.66. The van der Waals surface area contributed by atoms with Gasteiger partial charge in [0.05, 0.1) is 4.92 Å². The summed E-state index contributed by atoms with van der Waals surface area (Å²) in [5, 5.41) is 15.4. The number of hydrogen-bond acceptors (Lipinski definition) is 6. The third-order valence-electron chi connectivity index (χ3n) is 2.52. The highest BCUT2D eigenvalue weighted by Gasteiger charge is 2.13. The number of benzene rings is 1. The average molecular weight is 309 g/mol. The largest absolute Gasteiger partial charge is 0.276 e. The highest BCUT2D eigenvalue weighted by Crippen LogP contribution is 2.27. The molecular formula is C11H5ClN4O3S. The quantitative estimate of drug-likeness (QED) is 0.412. The molecule has 0 N–H and O–H groups in total. The lowest BCUT2D eigenvalue weighted by molar-refractivity contribution is -0.384. The second-order valence-corrected chi connectivity index (χ2v) is 5.17. The molecule has 7 nitrogen and oxygen atoms in total. The Bertz CT molecular complexity index is 889. The molecule has 20 heavy (non-hydrogen) atoms. The van der Waals surface area contributed by atoms with Gasteiger partial charge in [-0.25, -0.2) is 4.98 Å². The fourth-order valence-electron chi connectivity index (χ4n) is 1.65. The first-order chi connectivity index (χ1) is 9.54. The van der Waals surface area contributed by atoms with E-state index in [0.29, 0.717) is 15.5 Å². The minimum atomic E-state index is -0.488. The first-order valence-electron chi connectivity index (χ1n) is 5.36. The molecule has 0 amide bonds. The molecule has 9 heteroatoms. The summed E-state index contributed by atoms with van der Waals surface area (Å²) in [4.78, 5) is 26.3. The van der Waals surface area contributed by atoms with Gasteiger partial charge in [-0.15, -0.1) is 0 Å². The maximum absolute atomic E-state index is 11.7. The Kier molecular flexibility index (Phi) is 2.96. The second-order valence-electron chi connectivity index (χ2n) is 3.83. The van der Waals surface area contributed by atoms with Crippen molar-refractivity contribution in [1.82, 2.24) is 14.6 Å². The van der Waals surface area contributed by atoms with Crippen molar-refractivity contribution in [2.75, 3.05) is 0 Å². The topological polar surface area (TPSA) is 90.4 Å². The number of fused-ring (bicyclic) bond motifs is 1. The van der Waals surface area contributed by atoms with E-state index in [-0.39, 0.29) is 10.8 Å². The molecule has 0 aliphatic heterocycles. The van der Waals surface area contributed by atoms with Gasteiger partial charge >= 0.3 is 0 Å². The Labute approximate surface area is 120 Å². The number of nitro groups is 1. The molecule has 0 fully saturated rings. The van der Waals surface area contributed by atoms with Crippen LogP contribution in [0.15, 0.2) is 35.1 Å². The Morgan fingerprint density at radius 2 is 2.15 bits per heavy atom. The SMILES string of the molecule is O=c1cc(Cl)nc2sc(-c3cccc([N+](=O)[O-])c3)nn12. The van der Waals surface area contributed by atoms with E-state index in [1.807, 2.05) is 0 Å². The van der Waals surface area contributed by atoms with Crippen molar-refractivity contribution in [1.29, 1.82) is 0 Å². The van der Waals surface area contributed by atoms with Crippen LogP contribution in [0, 0.1) is 10.1 Å². The lowest BCUT2D eigenvalue weighted by Crippen LogP contribution is -2.13. The zero-order valence-electron chi connectivity index (χ0n) is 9.69. The lowest BCUT2D eigenvalue weighted by atomic mass is 10.2. The van der Waals surface area contributed by atoms with Gasteiger partial charge in [0.25, 0.3) is 11.2 Å². The van der Waals surface area contributed by atoms with E-state index >= 15 is 0 Å². The van der Waals surface area contributed by atoms with Crippen LogP contribution in [0.5, 0.6) is 0 Å². The first-order valence-corrected chi connectivity index (χ1v) is 6.55. The molecule has 0 unspecified atom stereocenters. The number of nitrogens with zero attached hydrogens (tertiary/aromatic N) is 4. The Morgan fingerprint density at radius 3 is 2.90 bits per heavy atom. The van der Waals surface area contributed by atoms with Gasteiger partial charge in [0.15, 0.2) is 0 Å². The standard InChI is InChI=1S/C11H5ClN4O3S/c12-8-5-9(17)15-11(13-8)20-10(14-15)6-2-1-3-7(4-6)16(18)19/h1-5H. The molecule has 0 aliphatic rings. The van der Waals surface area contributed by atoms with Crippen LogP contribution >= 0.6 is 22.9 Å². The van der Waals surface area contributed by atoms with Crippen LogP contribution in [0.25, 0.3) is 15.5 Å². The summed E-state index contributed by atoms with van der Waals surface area (Å²) in [6, 6.07) is 7.17. The van der Waals surface area contributed by atoms with Gasteiger partial charge in [-0.05, 0) is 0 Å². The predicted molar refractivity (Wildman–Crippen MR) is 74.2 cm³/mol. The van der Waals surface area contributed by atoms with Gasteiger partial charge in [-0.3, -0.25) is 14.9 Å². The van der Waals surface area contributed by atoms with E-state index in [9.17, 15) is 14.9 Å². The van der Waals surface area contributed by atoms with Crippen LogP contribution in [-0.2, 0) is 0 Å². The van der Waals surface area contributed by atoms with Crippen LogP contribution in [0.1, 0.15) is 0 Å². The molecule has 0 saturated heterocycles. The minimum Gasteiger partial charge on any atom is -0.267 e. The van der Waals surface area contributed by atoms with Crippen LogP contribution in [0.3, 0.4) is 0 Å². The van der Waals surface area contributed by atoms with E-state index in [1.54, 1.807) is 12.1 Å². The normalized spacial score (nSPS) is 10.8. The molecule has 2 aromatic heterocycles. The molecule has 3 aromatic rings. The maximum atomic E-state index is 11.7. The molecule has 0 spiro atoms. The third-order valence-corrected chi connectivity index (χ3v) is 3.67. The molecule has 0 saturated carbocycles. The Balaban J connectivity index is 2.20. The van der Waals surface area contributed by atoms with Crippen molar-refractivity contribution in [3.8, 4) is 10.6 Å². The van der Waals surface area contributed by atoms with Crippen molar-refractivity contribution >= 4 is 33.6 Å². The van der Waals surface area contributed by atoms with Crippen molar-refractivity contribution < 1.29 is 4.92 Å². The average Bonchev–Trinajstić information content (AvgIpc) is 2.83. The van der Waals surface area contributed by atoms with Gasteiger partial charge in [0, 0.05) is 23.8 Å². The highest BCUT2D eigenvalue weighted by molar-refractivity contribution is 7.19. The van der Waals surface area contributed by atoms with E-state index in [1.165, 1.54) is 12.1 Å². The maximum Gasteiger partial charge on any atom is 0.276 e. The van der Waals surface area contributed by atoms with E-state index in [4.69, 9.17) is 11.6 Å². The van der Waals surface area contributed by atoms with Gasteiger partial charge in [0.2, 0.25) is 4.96 Å². The summed E-state index contributed by atoms with van der Waals surface area (Å²) in [5.41, 5.74) is 0.109. The van der Waals surface area contributed by atoms with Crippen molar-refractivity contribution in [3.05, 3.63) is 56.0 Å². The molecule has 0 radical (unpaired) electrons. The fraction of sp³-hybridized carbons (Fsp3) is 0. The number of halogens is 1. The molecule has 3 rings (SSSR count). The van der Waals surface area contributed by atoms with Gasteiger partial charge in [0.1, 0.15) is 10.2 Å². The summed E-state index contributed by atoms with van der Waals surface area (Å²) < 4.78 is 1.12. The van der Waals surface area contributed by atoms with Crippen LogP contribution in [0.2, 0.25) is 5.15 Å².